The van der Waals surface area contributed by atoms with Gasteiger partial charge in [0.25, 0.3) is 0 Å². The summed E-state index contributed by atoms with van der Waals surface area (Å²) in [5.74, 6) is 1.86. The third kappa shape index (κ3) is 4.90. The lowest BCUT2D eigenvalue weighted by Crippen LogP contribution is -2.14. The molecule has 3 rings (SSSR count). The second kappa shape index (κ2) is 8.11. The highest BCUT2D eigenvalue weighted by Gasteiger charge is 2.12. The average molecular weight is 439 g/mol. The highest BCUT2D eigenvalue weighted by molar-refractivity contribution is 9.10. The maximum atomic E-state index is 12.1. The molecule has 0 spiro atoms. The van der Waals surface area contributed by atoms with E-state index in [1.807, 2.05) is 31.2 Å². The summed E-state index contributed by atoms with van der Waals surface area (Å²) in [6.07, 6.45) is 0. The number of carbonyl (C=O) groups excluding carboxylic acids is 1. The lowest BCUT2D eigenvalue weighted by molar-refractivity contribution is -0.113. The fraction of sp³-hybridized carbons (Fsp3) is 0.250. The van der Waals surface area contributed by atoms with Crippen LogP contribution >= 0.6 is 39.0 Å². The molecular formula is C16H15BrN4O2S2. The molecule has 25 heavy (non-hydrogen) atoms. The number of benzene rings is 1. The topological polar surface area (TPSA) is 80.9 Å². The van der Waals surface area contributed by atoms with E-state index in [0.717, 1.165) is 20.6 Å². The summed E-state index contributed by atoms with van der Waals surface area (Å²) in [5, 5.41) is 7.26. The Morgan fingerprint density at radius 1 is 1.28 bits per heavy atom. The predicted molar refractivity (Wildman–Crippen MR) is 104 cm³/mol. The monoisotopic (exact) mass is 438 g/mol. The van der Waals surface area contributed by atoms with Crippen LogP contribution in [0, 0.1) is 13.8 Å². The van der Waals surface area contributed by atoms with Crippen LogP contribution in [0.2, 0.25) is 0 Å². The van der Waals surface area contributed by atoms with Gasteiger partial charge in [0, 0.05) is 21.8 Å². The zero-order valence-corrected chi connectivity index (χ0v) is 16.8. The van der Waals surface area contributed by atoms with E-state index in [9.17, 15) is 4.79 Å². The number of amides is 1. The Morgan fingerprint density at radius 3 is 2.72 bits per heavy atom. The smallest absolute Gasteiger partial charge is 0.236 e. The summed E-state index contributed by atoms with van der Waals surface area (Å²) in [6, 6.07) is 7.95. The fourth-order valence-electron chi connectivity index (χ4n) is 2.12. The molecule has 130 valence electrons. The van der Waals surface area contributed by atoms with E-state index in [0.29, 0.717) is 28.4 Å². The molecule has 9 heteroatoms. The predicted octanol–water partition coefficient (Wildman–Crippen LogP) is 4.44. The Morgan fingerprint density at radius 2 is 2.04 bits per heavy atom. The largest absolute Gasteiger partial charge is 0.340 e. The van der Waals surface area contributed by atoms with Crippen LogP contribution in [0.5, 0.6) is 0 Å². The minimum Gasteiger partial charge on any atom is -0.340 e. The molecule has 0 radical (unpaired) electrons. The van der Waals surface area contributed by atoms with Crippen LogP contribution < -0.4 is 5.32 Å². The molecule has 2 aromatic heterocycles. The van der Waals surface area contributed by atoms with E-state index in [1.54, 1.807) is 6.92 Å². The van der Waals surface area contributed by atoms with E-state index >= 15 is 0 Å². The molecule has 0 unspecified atom stereocenters. The van der Waals surface area contributed by atoms with Crippen molar-refractivity contribution in [3.8, 4) is 11.3 Å². The first kappa shape index (κ1) is 18.1. The summed E-state index contributed by atoms with van der Waals surface area (Å²) in [5.41, 5.74) is 1.92. The third-order valence-electron chi connectivity index (χ3n) is 3.19. The van der Waals surface area contributed by atoms with Crippen LogP contribution in [0.1, 0.15) is 16.6 Å². The Kier molecular flexibility index (Phi) is 5.87. The van der Waals surface area contributed by atoms with Crippen molar-refractivity contribution < 1.29 is 9.32 Å². The van der Waals surface area contributed by atoms with Gasteiger partial charge in [-0.2, -0.15) is 4.98 Å². The molecule has 0 aliphatic heterocycles. The number of carbonyl (C=O) groups is 1. The van der Waals surface area contributed by atoms with Crippen LogP contribution in [0.4, 0.5) is 5.13 Å². The molecule has 3 aromatic rings. The van der Waals surface area contributed by atoms with Gasteiger partial charge in [0.15, 0.2) is 11.0 Å². The number of aryl methyl sites for hydroxylation is 2. The van der Waals surface area contributed by atoms with Gasteiger partial charge < -0.3 is 9.84 Å². The zero-order valence-electron chi connectivity index (χ0n) is 13.6. The number of hydrogen-bond donors (Lipinski definition) is 1. The molecule has 0 bridgehead atoms. The SMILES string of the molecule is Cc1nc(CSCC(=O)Nc2nc(-c3ccc(Br)cc3)c(C)s2)no1. The van der Waals surface area contributed by atoms with Crippen molar-refractivity contribution in [2.24, 2.45) is 0 Å². The number of nitrogens with zero attached hydrogens (tertiary/aromatic N) is 3. The van der Waals surface area contributed by atoms with E-state index in [1.165, 1.54) is 23.1 Å². The first-order valence-electron chi connectivity index (χ1n) is 7.41. The van der Waals surface area contributed by atoms with Gasteiger partial charge in [0.2, 0.25) is 11.8 Å². The Hall–Kier alpha value is -1.71. The van der Waals surface area contributed by atoms with Crippen LogP contribution in [-0.2, 0) is 10.5 Å². The maximum Gasteiger partial charge on any atom is 0.236 e. The molecule has 0 aliphatic carbocycles. The highest BCUT2D eigenvalue weighted by atomic mass is 79.9. The lowest BCUT2D eigenvalue weighted by Gasteiger charge is -2.00. The van der Waals surface area contributed by atoms with Crippen LogP contribution in [0.25, 0.3) is 11.3 Å². The molecule has 6 nitrogen and oxygen atoms in total. The first-order chi connectivity index (χ1) is 12.0. The number of thiazole rings is 1. The molecular weight excluding hydrogens is 424 g/mol. The van der Waals surface area contributed by atoms with E-state index < -0.39 is 0 Å². The van der Waals surface area contributed by atoms with Gasteiger partial charge in [-0.3, -0.25) is 4.79 Å². The molecule has 0 fully saturated rings. The number of halogens is 1. The summed E-state index contributed by atoms with van der Waals surface area (Å²) < 4.78 is 5.92. The molecule has 1 aromatic carbocycles. The Balaban J connectivity index is 1.56. The average Bonchev–Trinajstić information content (AvgIpc) is 3.14. The van der Waals surface area contributed by atoms with Gasteiger partial charge in [-0.15, -0.1) is 23.1 Å². The van der Waals surface area contributed by atoms with Crippen molar-refractivity contribution in [3.63, 3.8) is 0 Å². The minimum atomic E-state index is -0.0960. The minimum absolute atomic E-state index is 0.0960. The second-order valence-electron chi connectivity index (χ2n) is 5.20. The summed E-state index contributed by atoms with van der Waals surface area (Å²) in [4.78, 5) is 21.8. The number of thioether (sulfide) groups is 1. The van der Waals surface area contributed by atoms with Gasteiger partial charge in [-0.25, -0.2) is 4.98 Å². The molecule has 0 saturated carbocycles. The van der Waals surface area contributed by atoms with Crippen molar-refractivity contribution in [2.75, 3.05) is 11.1 Å². The van der Waals surface area contributed by atoms with Gasteiger partial charge in [-0.1, -0.05) is 33.2 Å². The van der Waals surface area contributed by atoms with E-state index in [-0.39, 0.29) is 5.91 Å². The second-order valence-corrected chi connectivity index (χ2v) is 8.31. The van der Waals surface area contributed by atoms with Gasteiger partial charge in [0.05, 0.1) is 17.2 Å². The molecule has 0 atom stereocenters. The Bertz CT molecular complexity index is 877. The van der Waals surface area contributed by atoms with Crippen molar-refractivity contribution in [1.82, 2.24) is 15.1 Å². The highest BCUT2D eigenvalue weighted by Crippen LogP contribution is 2.31. The molecule has 2 heterocycles. The maximum absolute atomic E-state index is 12.1. The fourth-order valence-corrected chi connectivity index (χ4v) is 3.89. The number of anilines is 1. The van der Waals surface area contributed by atoms with E-state index in [2.05, 4.69) is 36.4 Å². The lowest BCUT2D eigenvalue weighted by atomic mass is 10.1. The molecule has 0 aliphatic rings. The molecule has 1 N–H and O–H groups in total. The summed E-state index contributed by atoms with van der Waals surface area (Å²) in [7, 11) is 0. The van der Waals surface area contributed by atoms with Gasteiger partial charge in [-0.05, 0) is 19.1 Å². The molecule has 0 saturated heterocycles. The van der Waals surface area contributed by atoms with E-state index in [4.69, 9.17) is 4.52 Å². The standard InChI is InChI=1S/C16H15BrN4O2S2/c1-9-15(11-3-5-12(17)6-4-11)20-16(25-9)19-14(22)8-24-7-13-18-10(2)23-21-13/h3-6H,7-8H2,1-2H3,(H,19,20,22). The number of rotatable bonds is 6. The van der Waals surface area contributed by atoms with Crippen LogP contribution in [0.3, 0.4) is 0 Å². The van der Waals surface area contributed by atoms with Crippen molar-refractivity contribution in [1.29, 1.82) is 0 Å². The first-order valence-corrected chi connectivity index (χ1v) is 10.2. The summed E-state index contributed by atoms with van der Waals surface area (Å²) in [6.45, 7) is 3.74. The van der Waals surface area contributed by atoms with Crippen molar-refractivity contribution >= 4 is 50.1 Å². The van der Waals surface area contributed by atoms with Crippen LogP contribution in [-0.4, -0.2) is 26.8 Å². The summed E-state index contributed by atoms with van der Waals surface area (Å²) >= 11 is 6.33. The number of nitrogens with one attached hydrogen (secondary N) is 1. The molecule has 1 amide bonds. The number of hydrogen-bond acceptors (Lipinski definition) is 7. The van der Waals surface area contributed by atoms with Crippen LogP contribution in [0.15, 0.2) is 33.3 Å². The quantitative estimate of drug-likeness (QED) is 0.612. The number of aromatic nitrogens is 3. The van der Waals surface area contributed by atoms with Crippen molar-refractivity contribution in [3.05, 3.63) is 45.3 Å². The van der Waals surface area contributed by atoms with Gasteiger partial charge in [0.1, 0.15) is 0 Å². The zero-order chi connectivity index (χ0) is 17.8. The van der Waals surface area contributed by atoms with Gasteiger partial charge >= 0.3 is 0 Å². The van der Waals surface area contributed by atoms with Crippen molar-refractivity contribution in [2.45, 2.75) is 19.6 Å². The Labute approximate surface area is 161 Å². The normalized spacial score (nSPS) is 10.8. The third-order valence-corrected chi connectivity index (χ3v) is 5.54.